The summed E-state index contributed by atoms with van der Waals surface area (Å²) >= 11 is 0. The maximum atomic E-state index is 5.70. The Balaban J connectivity index is 2.83. The van der Waals surface area contributed by atoms with E-state index in [-0.39, 0.29) is 5.34 Å². The van der Waals surface area contributed by atoms with Gasteiger partial charge in [-0.15, -0.1) is 0 Å². The van der Waals surface area contributed by atoms with Gasteiger partial charge in [0.25, 0.3) is 0 Å². The zero-order chi connectivity index (χ0) is 9.19. The molecule has 66 valence electrons. The summed E-state index contributed by atoms with van der Waals surface area (Å²) in [4.78, 5) is 0. The molecule has 0 amide bonds. The highest BCUT2D eigenvalue weighted by Crippen LogP contribution is 2.25. The molecule has 0 fully saturated rings. The van der Waals surface area contributed by atoms with E-state index in [1.807, 2.05) is 45.0 Å². The van der Waals surface area contributed by atoms with Crippen LogP contribution in [0.5, 0.6) is 5.75 Å². The Hall–Kier alpha value is -0.550. The van der Waals surface area contributed by atoms with E-state index < -0.39 is 0 Å². The van der Waals surface area contributed by atoms with Crippen LogP contribution in [0.1, 0.15) is 19.4 Å². The summed E-state index contributed by atoms with van der Waals surface area (Å²) in [5.74, 6) is 0.956. The van der Waals surface area contributed by atoms with Crippen molar-refractivity contribution >= 4 is 9.24 Å². The van der Waals surface area contributed by atoms with Gasteiger partial charge in [0, 0.05) is 0 Å². The smallest absolute Gasteiger partial charge is 0.123 e. The van der Waals surface area contributed by atoms with Crippen LogP contribution in [0.4, 0.5) is 0 Å². The summed E-state index contributed by atoms with van der Waals surface area (Å²) in [5, 5.41) is -0.188. The number of para-hydroxylation sites is 1. The minimum Gasteiger partial charge on any atom is -0.484 e. The van der Waals surface area contributed by atoms with E-state index in [2.05, 4.69) is 9.24 Å². The van der Waals surface area contributed by atoms with Crippen LogP contribution in [0.15, 0.2) is 24.3 Å². The quantitative estimate of drug-likeness (QED) is 0.639. The summed E-state index contributed by atoms with van der Waals surface area (Å²) in [5.41, 5.74) is 1.17. The van der Waals surface area contributed by atoms with Gasteiger partial charge < -0.3 is 4.74 Å². The lowest BCUT2D eigenvalue weighted by Crippen LogP contribution is -2.19. The standard InChI is InChI=1S/C10H15OP/c1-8-6-4-5-7-9(8)11-10(2,3)12/h4-7H,12H2,1-3H3. The second-order valence-corrected chi connectivity index (χ2v) is 4.86. The van der Waals surface area contributed by atoms with Crippen LogP contribution in [0.2, 0.25) is 0 Å². The van der Waals surface area contributed by atoms with E-state index in [1.165, 1.54) is 5.56 Å². The average Bonchev–Trinajstić information content (AvgIpc) is 1.91. The molecule has 0 aromatic heterocycles. The molecule has 0 aliphatic carbocycles. The molecule has 0 heterocycles. The van der Waals surface area contributed by atoms with E-state index in [4.69, 9.17) is 4.74 Å². The Bertz CT molecular complexity index is 263. The number of rotatable bonds is 2. The van der Waals surface area contributed by atoms with E-state index in [0.29, 0.717) is 0 Å². The van der Waals surface area contributed by atoms with Crippen molar-refractivity contribution in [2.24, 2.45) is 0 Å². The molecule has 0 spiro atoms. The largest absolute Gasteiger partial charge is 0.484 e. The average molecular weight is 182 g/mol. The Morgan fingerprint density at radius 2 is 1.83 bits per heavy atom. The molecule has 1 unspecified atom stereocenters. The molecule has 2 heteroatoms. The highest BCUT2D eigenvalue weighted by atomic mass is 31.0. The topological polar surface area (TPSA) is 9.23 Å². The van der Waals surface area contributed by atoms with E-state index in [0.717, 1.165) is 5.75 Å². The van der Waals surface area contributed by atoms with Gasteiger partial charge in [-0.1, -0.05) is 27.4 Å². The minimum absolute atomic E-state index is 0.188. The van der Waals surface area contributed by atoms with Gasteiger partial charge in [0.2, 0.25) is 0 Å². The van der Waals surface area contributed by atoms with Crippen molar-refractivity contribution in [2.75, 3.05) is 0 Å². The maximum Gasteiger partial charge on any atom is 0.123 e. The van der Waals surface area contributed by atoms with Gasteiger partial charge >= 0.3 is 0 Å². The van der Waals surface area contributed by atoms with Crippen LogP contribution in [0.3, 0.4) is 0 Å². The molecule has 1 atom stereocenters. The summed E-state index contributed by atoms with van der Waals surface area (Å²) in [6.07, 6.45) is 0. The molecule has 1 aromatic rings. The van der Waals surface area contributed by atoms with E-state index in [1.54, 1.807) is 0 Å². The van der Waals surface area contributed by atoms with Crippen molar-refractivity contribution in [3.8, 4) is 5.75 Å². The van der Waals surface area contributed by atoms with Crippen LogP contribution >= 0.6 is 9.24 Å². The molecule has 1 aromatic carbocycles. The zero-order valence-corrected chi connectivity index (χ0v) is 8.95. The molecule has 0 saturated heterocycles. The molecule has 0 radical (unpaired) electrons. The fraction of sp³-hybridized carbons (Fsp3) is 0.400. The van der Waals surface area contributed by atoms with E-state index in [9.17, 15) is 0 Å². The molecule has 0 saturated carbocycles. The van der Waals surface area contributed by atoms with Crippen LogP contribution in [-0.2, 0) is 0 Å². The van der Waals surface area contributed by atoms with Gasteiger partial charge in [0.1, 0.15) is 11.1 Å². The van der Waals surface area contributed by atoms with Crippen LogP contribution in [0, 0.1) is 6.92 Å². The van der Waals surface area contributed by atoms with Crippen molar-refractivity contribution in [2.45, 2.75) is 26.1 Å². The van der Waals surface area contributed by atoms with Crippen molar-refractivity contribution in [3.63, 3.8) is 0 Å². The number of aryl methyl sites for hydroxylation is 1. The molecule has 1 nitrogen and oxygen atoms in total. The van der Waals surface area contributed by atoms with Gasteiger partial charge in [-0.2, -0.15) is 0 Å². The maximum absolute atomic E-state index is 5.70. The Labute approximate surface area is 76.3 Å². The number of ether oxygens (including phenoxy) is 1. The van der Waals surface area contributed by atoms with Crippen LogP contribution in [-0.4, -0.2) is 5.34 Å². The number of hydrogen-bond donors (Lipinski definition) is 0. The van der Waals surface area contributed by atoms with Gasteiger partial charge in [-0.25, -0.2) is 0 Å². The monoisotopic (exact) mass is 182 g/mol. The molecule has 0 N–H and O–H groups in total. The first kappa shape index (κ1) is 9.54. The first-order chi connectivity index (χ1) is 5.49. The third kappa shape index (κ3) is 2.83. The zero-order valence-electron chi connectivity index (χ0n) is 7.79. The van der Waals surface area contributed by atoms with E-state index >= 15 is 0 Å². The molecular weight excluding hydrogens is 167 g/mol. The van der Waals surface area contributed by atoms with Gasteiger partial charge in [0.05, 0.1) is 0 Å². The molecule has 0 bridgehead atoms. The molecule has 0 aliphatic rings. The van der Waals surface area contributed by atoms with Crippen LogP contribution < -0.4 is 4.74 Å². The molecule has 12 heavy (non-hydrogen) atoms. The lowest BCUT2D eigenvalue weighted by molar-refractivity contribution is 0.204. The first-order valence-electron chi connectivity index (χ1n) is 4.02. The third-order valence-corrected chi connectivity index (χ3v) is 1.58. The summed E-state index contributed by atoms with van der Waals surface area (Å²) in [6.45, 7) is 6.08. The summed E-state index contributed by atoms with van der Waals surface area (Å²) in [6, 6.07) is 8.03. The lowest BCUT2D eigenvalue weighted by Gasteiger charge is -2.22. The Morgan fingerprint density at radius 1 is 1.25 bits per heavy atom. The predicted octanol–water partition coefficient (Wildman–Crippen LogP) is 2.99. The Kier molecular flexibility index (Phi) is 2.74. The van der Waals surface area contributed by atoms with Gasteiger partial charge in [-0.05, 0) is 32.4 Å². The Morgan fingerprint density at radius 3 is 2.33 bits per heavy atom. The lowest BCUT2D eigenvalue weighted by atomic mass is 10.2. The second kappa shape index (κ2) is 3.45. The summed E-state index contributed by atoms with van der Waals surface area (Å²) in [7, 11) is 2.66. The summed E-state index contributed by atoms with van der Waals surface area (Å²) < 4.78 is 5.70. The first-order valence-corrected chi connectivity index (χ1v) is 4.60. The van der Waals surface area contributed by atoms with Crippen molar-refractivity contribution in [1.82, 2.24) is 0 Å². The second-order valence-electron chi connectivity index (χ2n) is 3.47. The highest BCUT2D eigenvalue weighted by molar-refractivity contribution is 7.18. The highest BCUT2D eigenvalue weighted by Gasteiger charge is 2.12. The molecule has 1 rings (SSSR count). The van der Waals surface area contributed by atoms with Crippen molar-refractivity contribution in [3.05, 3.63) is 29.8 Å². The van der Waals surface area contributed by atoms with Crippen LogP contribution in [0.25, 0.3) is 0 Å². The SMILES string of the molecule is Cc1ccccc1OC(C)(C)P. The van der Waals surface area contributed by atoms with Gasteiger partial charge in [0.15, 0.2) is 0 Å². The normalized spacial score (nSPS) is 11.3. The fourth-order valence-electron chi connectivity index (χ4n) is 0.954. The predicted molar refractivity (Wildman–Crippen MR) is 55.6 cm³/mol. The molecular formula is C10H15OP. The molecule has 0 aliphatic heterocycles. The minimum atomic E-state index is -0.188. The van der Waals surface area contributed by atoms with Crippen molar-refractivity contribution < 1.29 is 4.74 Å². The number of benzene rings is 1. The number of hydrogen-bond acceptors (Lipinski definition) is 1. The third-order valence-electron chi connectivity index (χ3n) is 1.47. The van der Waals surface area contributed by atoms with Gasteiger partial charge in [-0.3, -0.25) is 0 Å². The van der Waals surface area contributed by atoms with Crippen molar-refractivity contribution in [1.29, 1.82) is 0 Å². The fourth-order valence-corrected chi connectivity index (χ4v) is 1.08.